The fourth-order valence-electron chi connectivity index (χ4n) is 4.28. The number of anilines is 1. The summed E-state index contributed by atoms with van der Waals surface area (Å²) in [5.74, 6) is -0.645. The van der Waals surface area contributed by atoms with Gasteiger partial charge in [0.05, 0.1) is 0 Å². The van der Waals surface area contributed by atoms with Crippen molar-refractivity contribution >= 4 is 17.5 Å². The van der Waals surface area contributed by atoms with Crippen LogP contribution < -0.4 is 10.4 Å². The quantitative estimate of drug-likeness (QED) is 0.590. The van der Waals surface area contributed by atoms with E-state index >= 15 is 0 Å². The third-order valence-electron chi connectivity index (χ3n) is 5.78. The first-order valence-electron chi connectivity index (χ1n) is 9.79. The second-order valence-corrected chi connectivity index (χ2v) is 7.61. The second kappa shape index (κ2) is 9.17. The molecule has 0 radical (unpaired) electrons. The predicted octanol–water partition coefficient (Wildman–Crippen LogP) is 2.57. The summed E-state index contributed by atoms with van der Waals surface area (Å²) in [6.45, 7) is 2.52. The summed E-state index contributed by atoms with van der Waals surface area (Å²) in [6.07, 6.45) is 5.35. The first-order valence-corrected chi connectivity index (χ1v) is 9.79. The van der Waals surface area contributed by atoms with E-state index in [1.807, 2.05) is 4.90 Å². The van der Waals surface area contributed by atoms with E-state index < -0.39 is 5.91 Å². The number of halogens is 1. The molecular formula is C20H28FN3O3. The van der Waals surface area contributed by atoms with Crippen molar-refractivity contribution in [3.63, 3.8) is 0 Å². The molecule has 1 aliphatic carbocycles. The smallest absolute Gasteiger partial charge is 0.244 e. The molecule has 0 bridgehead atoms. The van der Waals surface area contributed by atoms with Crippen molar-refractivity contribution in [2.45, 2.75) is 38.5 Å². The van der Waals surface area contributed by atoms with Crippen molar-refractivity contribution in [3.8, 4) is 0 Å². The Morgan fingerprint density at radius 3 is 2.33 bits per heavy atom. The Morgan fingerprint density at radius 1 is 1.11 bits per heavy atom. The minimum Gasteiger partial charge on any atom is -0.368 e. The number of rotatable bonds is 6. The molecule has 1 atom stereocenters. The van der Waals surface area contributed by atoms with Gasteiger partial charge in [-0.15, -0.1) is 0 Å². The van der Waals surface area contributed by atoms with E-state index in [-0.39, 0.29) is 24.1 Å². The molecule has 1 aromatic carbocycles. The first kappa shape index (κ1) is 19.6. The number of carbonyl (C=O) groups excluding carboxylic acids is 2. The molecule has 1 heterocycles. The van der Waals surface area contributed by atoms with E-state index in [9.17, 15) is 14.0 Å². The number of hydrogen-bond acceptors (Lipinski definition) is 4. The van der Waals surface area contributed by atoms with Gasteiger partial charge in [0.1, 0.15) is 5.82 Å². The summed E-state index contributed by atoms with van der Waals surface area (Å²) in [5.41, 5.74) is 2.61. The maximum atomic E-state index is 13.1. The number of nitrogens with zero attached hydrogens (tertiary/aromatic N) is 2. The van der Waals surface area contributed by atoms with Crippen LogP contribution in [-0.2, 0) is 9.59 Å². The van der Waals surface area contributed by atoms with Crippen LogP contribution in [0.25, 0.3) is 0 Å². The molecule has 2 N–H and O–H groups in total. The van der Waals surface area contributed by atoms with Crippen LogP contribution >= 0.6 is 0 Å². The van der Waals surface area contributed by atoms with Crippen molar-refractivity contribution in [1.29, 1.82) is 0 Å². The van der Waals surface area contributed by atoms with Crippen LogP contribution in [0.2, 0.25) is 0 Å². The van der Waals surface area contributed by atoms with Crippen LogP contribution in [0.1, 0.15) is 38.5 Å². The van der Waals surface area contributed by atoms with Gasteiger partial charge in [-0.3, -0.25) is 14.8 Å². The van der Waals surface area contributed by atoms with E-state index in [1.54, 1.807) is 17.6 Å². The number of hydroxylamine groups is 1. The van der Waals surface area contributed by atoms with Gasteiger partial charge in [0.2, 0.25) is 11.8 Å². The Labute approximate surface area is 159 Å². The minimum absolute atomic E-state index is 0.00394. The highest BCUT2D eigenvalue weighted by atomic mass is 19.1. The summed E-state index contributed by atoms with van der Waals surface area (Å²) in [6, 6.07) is 6.39. The lowest BCUT2D eigenvalue weighted by Gasteiger charge is -2.38. The molecular weight excluding hydrogens is 349 g/mol. The largest absolute Gasteiger partial charge is 0.368 e. The maximum absolute atomic E-state index is 13.1. The van der Waals surface area contributed by atoms with Gasteiger partial charge in [0.25, 0.3) is 0 Å². The van der Waals surface area contributed by atoms with Crippen molar-refractivity contribution in [3.05, 3.63) is 30.1 Å². The molecule has 1 aromatic rings. The summed E-state index contributed by atoms with van der Waals surface area (Å²) in [4.78, 5) is 28.7. The predicted molar refractivity (Wildman–Crippen MR) is 99.8 cm³/mol. The molecule has 1 saturated heterocycles. The van der Waals surface area contributed by atoms with Crippen LogP contribution in [0.3, 0.4) is 0 Å². The van der Waals surface area contributed by atoms with Gasteiger partial charge in [-0.25, -0.2) is 9.87 Å². The molecule has 3 rings (SSSR count). The van der Waals surface area contributed by atoms with Crippen molar-refractivity contribution in [2.75, 3.05) is 31.1 Å². The molecule has 1 saturated carbocycles. The third-order valence-corrected chi connectivity index (χ3v) is 5.78. The number of amides is 2. The van der Waals surface area contributed by atoms with Gasteiger partial charge in [-0.1, -0.05) is 25.7 Å². The van der Waals surface area contributed by atoms with Crippen LogP contribution in [-0.4, -0.2) is 48.1 Å². The SMILES string of the molecule is O=C(CC(CC1CCCC1)C(=O)N1CCN(c2ccc(F)cc2)CC1)NO. The highest BCUT2D eigenvalue weighted by Gasteiger charge is 2.31. The fourth-order valence-corrected chi connectivity index (χ4v) is 4.28. The molecule has 148 valence electrons. The molecule has 27 heavy (non-hydrogen) atoms. The number of hydrogen-bond donors (Lipinski definition) is 2. The minimum atomic E-state index is -0.503. The molecule has 2 aliphatic rings. The van der Waals surface area contributed by atoms with Crippen molar-refractivity contribution in [1.82, 2.24) is 10.4 Å². The first-order chi connectivity index (χ1) is 13.1. The monoisotopic (exact) mass is 377 g/mol. The maximum Gasteiger partial charge on any atom is 0.244 e. The normalized spacial score (nSPS) is 19.2. The molecule has 6 nitrogen and oxygen atoms in total. The highest BCUT2D eigenvalue weighted by molar-refractivity contribution is 5.85. The zero-order valence-corrected chi connectivity index (χ0v) is 15.6. The fraction of sp³-hybridized carbons (Fsp3) is 0.600. The standard InChI is InChI=1S/C20H28FN3O3/c21-17-5-7-18(8-6-17)23-9-11-24(12-10-23)20(26)16(14-19(25)22-27)13-15-3-1-2-4-15/h5-8,15-16,27H,1-4,9-14H2,(H,22,25). The highest BCUT2D eigenvalue weighted by Crippen LogP contribution is 2.32. The lowest BCUT2D eigenvalue weighted by Crippen LogP contribution is -2.51. The third kappa shape index (κ3) is 5.19. The van der Waals surface area contributed by atoms with Gasteiger partial charge in [0, 0.05) is 44.2 Å². The average Bonchev–Trinajstić information content (AvgIpc) is 3.20. The van der Waals surface area contributed by atoms with Crippen LogP contribution in [0.4, 0.5) is 10.1 Å². The van der Waals surface area contributed by atoms with Gasteiger partial charge in [0.15, 0.2) is 0 Å². The van der Waals surface area contributed by atoms with E-state index in [2.05, 4.69) is 4.90 Å². The average molecular weight is 377 g/mol. The Balaban J connectivity index is 1.58. The topological polar surface area (TPSA) is 72.9 Å². The number of carbonyl (C=O) groups is 2. The molecule has 0 spiro atoms. The zero-order chi connectivity index (χ0) is 19.2. The molecule has 2 fully saturated rings. The lowest BCUT2D eigenvalue weighted by molar-refractivity contribution is -0.141. The number of nitrogens with one attached hydrogen (secondary N) is 1. The molecule has 7 heteroatoms. The Bertz CT molecular complexity index is 638. The second-order valence-electron chi connectivity index (χ2n) is 7.61. The molecule has 1 aliphatic heterocycles. The Hall–Kier alpha value is -2.15. The van der Waals surface area contributed by atoms with Crippen LogP contribution in [0.15, 0.2) is 24.3 Å². The molecule has 0 aromatic heterocycles. The Morgan fingerprint density at radius 2 is 1.74 bits per heavy atom. The summed E-state index contributed by atoms with van der Waals surface area (Å²) < 4.78 is 13.1. The zero-order valence-electron chi connectivity index (χ0n) is 15.6. The van der Waals surface area contributed by atoms with Crippen molar-refractivity contribution in [2.24, 2.45) is 11.8 Å². The molecule has 1 unspecified atom stereocenters. The van der Waals surface area contributed by atoms with E-state index in [0.29, 0.717) is 38.5 Å². The van der Waals surface area contributed by atoms with E-state index in [4.69, 9.17) is 5.21 Å². The summed E-state index contributed by atoms with van der Waals surface area (Å²) in [7, 11) is 0. The number of piperazine rings is 1. The van der Waals surface area contributed by atoms with Gasteiger partial charge in [-0.2, -0.15) is 0 Å². The van der Waals surface area contributed by atoms with E-state index in [0.717, 1.165) is 18.5 Å². The van der Waals surface area contributed by atoms with E-state index in [1.165, 1.54) is 25.0 Å². The van der Waals surface area contributed by atoms with Gasteiger partial charge >= 0.3 is 0 Å². The van der Waals surface area contributed by atoms with Gasteiger partial charge in [-0.05, 0) is 36.6 Å². The van der Waals surface area contributed by atoms with Crippen LogP contribution in [0.5, 0.6) is 0 Å². The lowest BCUT2D eigenvalue weighted by atomic mass is 9.89. The van der Waals surface area contributed by atoms with Crippen LogP contribution in [0, 0.1) is 17.7 Å². The summed E-state index contributed by atoms with van der Waals surface area (Å²) in [5, 5.41) is 8.86. The molecule has 2 amide bonds. The number of benzene rings is 1. The van der Waals surface area contributed by atoms with Gasteiger partial charge < -0.3 is 9.80 Å². The summed E-state index contributed by atoms with van der Waals surface area (Å²) >= 11 is 0. The van der Waals surface area contributed by atoms with Crippen molar-refractivity contribution < 1.29 is 19.2 Å². The Kier molecular flexibility index (Phi) is 6.66.